The number of fused-ring (bicyclic) bond motifs is 1. The van der Waals surface area contributed by atoms with Gasteiger partial charge in [0.2, 0.25) is 0 Å². The second-order valence-corrected chi connectivity index (χ2v) is 9.29. The minimum Gasteiger partial charge on any atom is -0.380 e. The van der Waals surface area contributed by atoms with Crippen LogP contribution in [-0.4, -0.2) is 39.1 Å². The molecule has 0 saturated carbocycles. The summed E-state index contributed by atoms with van der Waals surface area (Å²) in [5.74, 6) is -1.42. The number of rotatable bonds is 7. The summed E-state index contributed by atoms with van der Waals surface area (Å²) < 4.78 is 0. The van der Waals surface area contributed by atoms with Crippen molar-refractivity contribution in [3.05, 3.63) is 92.7 Å². The molecule has 6 nitrogen and oxygen atoms in total. The number of hydrogen-bond acceptors (Lipinski definition) is 5. The Morgan fingerprint density at radius 1 is 0.938 bits per heavy atom. The molecule has 0 radical (unpaired) electrons. The lowest BCUT2D eigenvalue weighted by molar-refractivity contribution is -0.153. The van der Waals surface area contributed by atoms with Gasteiger partial charge >= 0.3 is 0 Å². The van der Waals surface area contributed by atoms with E-state index in [0.29, 0.717) is 13.1 Å². The Hall–Kier alpha value is -3.00. The van der Waals surface area contributed by atoms with Gasteiger partial charge in [0, 0.05) is 29.3 Å². The van der Waals surface area contributed by atoms with Gasteiger partial charge in [-0.15, -0.1) is 11.3 Å². The quantitative estimate of drug-likeness (QED) is 0.516. The van der Waals surface area contributed by atoms with Crippen LogP contribution in [0.3, 0.4) is 0 Å². The van der Waals surface area contributed by atoms with Gasteiger partial charge in [0.25, 0.3) is 11.8 Å². The Balaban J connectivity index is 1.29. The zero-order chi connectivity index (χ0) is 22.7. The van der Waals surface area contributed by atoms with Crippen LogP contribution in [0.25, 0.3) is 0 Å². The second-order valence-electron chi connectivity index (χ2n) is 8.04. The van der Waals surface area contributed by atoms with Crippen LogP contribution >= 0.6 is 11.3 Å². The Morgan fingerprint density at radius 2 is 1.56 bits per heavy atom. The molecule has 2 amide bonds. The van der Waals surface area contributed by atoms with Gasteiger partial charge in [0.05, 0.1) is 6.54 Å². The van der Waals surface area contributed by atoms with Gasteiger partial charge in [0.15, 0.2) is 12.2 Å². The number of carbonyl (C=O) groups is 2. The van der Waals surface area contributed by atoms with E-state index in [0.717, 1.165) is 22.4 Å². The van der Waals surface area contributed by atoms with Crippen LogP contribution in [-0.2, 0) is 35.6 Å². The third-order valence-corrected chi connectivity index (χ3v) is 6.84. The van der Waals surface area contributed by atoms with Crippen LogP contribution < -0.4 is 5.32 Å². The highest BCUT2D eigenvalue weighted by Gasteiger charge is 2.35. The summed E-state index contributed by atoms with van der Waals surface area (Å²) in [6.45, 7) is 3.03. The number of nitrogens with one attached hydrogen (secondary N) is 1. The number of thiophene rings is 1. The van der Waals surface area contributed by atoms with E-state index in [9.17, 15) is 19.8 Å². The van der Waals surface area contributed by atoms with Gasteiger partial charge in [-0.25, -0.2) is 0 Å². The molecule has 0 spiro atoms. The van der Waals surface area contributed by atoms with E-state index in [2.05, 4.69) is 24.4 Å². The average molecular weight is 451 g/mol. The maximum absolute atomic E-state index is 12.6. The smallest absolute Gasteiger partial charge is 0.255 e. The summed E-state index contributed by atoms with van der Waals surface area (Å²) >= 11 is 1.58. The molecule has 1 aliphatic heterocycles. The van der Waals surface area contributed by atoms with E-state index in [1.807, 2.05) is 48.5 Å². The van der Waals surface area contributed by atoms with Crippen molar-refractivity contribution in [2.45, 2.75) is 45.2 Å². The minimum atomic E-state index is -1.82. The van der Waals surface area contributed by atoms with Gasteiger partial charge in [-0.2, -0.15) is 0 Å². The monoisotopic (exact) mass is 450 g/mol. The molecule has 3 aromatic rings. The first kappa shape index (κ1) is 22.2. The van der Waals surface area contributed by atoms with Crippen molar-refractivity contribution in [3.8, 4) is 0 Å². The molecular formula is C25H26N2O4S. The second kappa shape index (κ2) is 9.65. The van der Waals surface area contributed by atoms with E-state index < -0.39 is 24.0 Å². The van der Waals surface area contributed by atoms with Crippen LogP contribution in [0.5, 0.6) is 0 Å². The third kappa shape index (κ3) is 4.91. The third-order valence-electron chi connectivity index (χ3n) is 5.75. The Morgan fingerprint density at radius 3 is 2.25 bits per heavy atom. The van der Waals surface area contributed by atoms with Crippen LogP contribution in [0.15, 0.2) is 60.7 Å². The molecule has 2 atom stereocenters. The molecule has 0 bridgehead atoms. The molecule has 0 fully saturated rings. The van der Waals surface area contributed by atoms with Gasteiger partial charge in [-0.05, 0) is 41.3 Å². The summed E-state index contributed by atoms with van der Waals surface area (Å²) in [5, 5.41) is 23.1. The fraction of sp³-hybridized carbons (Fsp3) is 0.280. The standard InChI is InChI=1S/C25H26N2O4S/c1-16-6-2-3-7-17(16)12-20-10-11-21(32-20)13-26-24(30)22(28)23(29)25(31)27-14-18-8-4-5-9-19(18)15-27/h2-11,22-23,28-29H,12-15H2,1H3,(H,26,30)/t22-,23-/m1/s1. The fourth-order valence-electron chi connectivity index (χ4n) is 3.84. The highest BCUT2D eigenvalue weighted by Crippen LogP contribution is 2.24. The van der Waals surface area contributed by atoms with Gasteiger partial charge < -0.3 is 20.4 Å². The molecule has 3 N–H and O–H groups in total. The van der Waals surface area contributed by atoms with E-state index in [1.165, 1.54) is 20.9 Å². The number of benzene rings is 2. The summed E-state index contributed by atoms with van der Waals surface area (Å²) in [5.41, 5.74) is 4.50. The number of nitrogens with zero attached hydrogens (tertiary/aromatic N) is 1. The molecule has 0 saturated heterocycles. The first-order chi connectivity index (χ1) is 15.4. The predicted molar refractivity (Wildman–Crippen MR) is 123 cm³/mol. The molecule has 1 aromatic heterocycles. The number of hydrogen-bond donors (Lipinski definition) is 3. The number of aliphatic hydroxyl groups excluding tert-OH is 2. The lowest BCUT2D eigenvalue weighted by atomic mass is 10.1. The number of carbonyl (C=O) groups excluding carboxylic acids is 2. The molecule has 1 aliphatic rings. The molecular weight excluding hydrogens is 424 g/mol. The number of aryl methyl sites for hydroxylation is 1. The van der Waals surface area contributed by atoms with Crippen molar-refractivity contribution in [2.75, 3.05) is 0 Å². The first-order valence-electron chi connectivity index (χ1n) is 10.5. The fourth-order valence-corrected chi connectivity index (χ4v) is 4.82. The van der Waals surface area contributed by atoms with Crippen LogP contribution in [0.1, 0.15) is 32.0 Å². The van der Waals surface area contributed by atoms with E-state index in [-0.39, 0.29) is 6.54 Å². The van der Waals surface area contributed by atoms with Crippen LogP contribution in [0, 0.1) is 6.92 Å². The zero-order valence-electron chi connectivity index (χ0n) is 17.8. The Kier molecular flexibility index (Phi) is 6.69. The van der Waals surface area contributed by atoms with Crippen molar-refractivity contribution >= 4 is 23.2 Å². The minimum absolute atomic E-state index is 0.227. The lowest BCUT2D eigenvalue weighted by Crippen LogP contribution is -2.49. The summed E-state index contributed by atoms with van der Waals surface area (Å²) in [6.07, 6.45) is -2.80. The molecule has 32 heavy (non-hydrogen) atoms. The zero-order valence-corrected chi connectivity index (χ0v) is 18.6. The van der Waals surface area contributed by atoms with Gasteiger partial charge in [-0.1, -0.05) is 48.5 Å². The van der Waals surface area contributed by atoms with Crippen molar-refractivity contribution in [1.29, 1.82) is 0 Å². The summed E-state index contributed by atoms with van der Waals surface area (Å²) in [7, 11) is 0. The first-order valence-corrected chi connectivity index (χ1v) is 11.4. The van der Waals surface area contributed by atoms with Crippen molar-refractivity contribution in [1.82, 2.24) is 10.2 Å². The molecule has 7 heteroatoms. The number of amides is 2. The van der Waals surface area contributed by atoms with E-state index in [4.69, 9.17) is 0 Å². The predicted octanol–water partition coefficient (Wildman–Crippen LogP) is 2.53. The summed E-state index contributed by atoms with van der Waals surface area (Å²) in [6, 6.07) is 19.8. The average Bonchev–Trinajstić information content (AvgIpc) is 3.44. The molecule has 166 valence electrons. The molecule has 4 rings (SSSR count). The van der Waals surface area contributed by atoms with E-state index >= 15 is 0 Å². The molecule has 0 unspecified atom stereocenters. The van der Waals surface area contributed by atoms with Crippen molar-refractivity contribution in [2.24, 2.45) is 0 Å². The van der Waals surface area contributed by atoms with Crippen LogP contribution in [0.2, 0.25) is 0 Å². The van der Waals surface area contributed by atoms with Crippen LogP contribution in [0.4, 0.5) is 0 Å². The molecule has 2 heterocycles. The topological polar surface area (TPSA) is 89.9 Å². The van der Waals surface area contributed by atoms with E-state index in [1.54, 1.807) is 11.3 Å². The number of aliphatic hydroxyl groups is 2. The SMILES string of the molecule is Cc1ccccc1Cc1ccc(CNC(=O)[C@H](O)[C@@H](O)C(=O)N2Cc3ccccc3C2)s1. The van der Waals surface area contributed by atoms with Gasteiger partial charge in [0.1, 0.15) is 0 Å². The molecule has 0 aliphatic carbocycles. The Bertz CT molecular complexity index is 1100. The lowest BCUT2D eigenvalue weighted by Gasteiger charge is -2.22. The largest absolute Gasteiger partial charge is 0.380 e. The highest BCUT2D eigenvalue weighted by atomic mass is 32.1. The van der Waals surface area contributed by atoms with Crippen molar-refractivity contribution in [3.63, 3.8) is 0 Å². The normalized spacial score (nSPS) is 14.7. The Labute approximate surface area is 191 Å². The summed E-state index contributed by atoms with van der Waals surface area (Å²) in [4.78, 5) is 28.5. The van der Waals surface area contributed by atoms with Gasteiger partial charge in [-0.3, -0.25) is 9.59 Å². The highest BCUT2D eigenvalue weighted by molar-refractivity contribution is 7.12. The maximum atomic E-state index is 12.6. The van der Waals surface area contributed by atoms with Crippen molar-refractivity contribution < 1.29 is 19.8 Å². The maximum Gasteiger partial charge on any atom is 0.255 e. The molecule has 2 aromatic carbocycles.